The van der Waals surface area contributed by atoms with E-state index in [9.17, 15) is 9.90 Å². The van der Waals surface area contributed by atoms with Crippen LogP contribution in [0.5, 0.6) is 5.75 Å². The molecule has 0 saturated carbocycles. The Bertz CT molecular complexity index is 909. The summed E-state index contributed by atoms with van der Waals surface area (Å²) in [5.74, 6) is -0.429. The molecule has 4 N–H and O–H groups in total. The number of aromatic hydroxyl groups is 1. The molecule has 5 heteroatoms. The molecule has 0 aliphatic heterocycles. The molecule has 122 valence electrons. The molecule has 0 bridgehead atoms. The second-order valence-electron chi connectivity index (χ2n) is 5.50. The van der Waals surface area contributed by atoms with Crippen molar-refractivity contribution in [1.82, 2.24) is 5.32 Å². The largest absolute Gasteiger partial charge is 0.506 e. The van der Waals surface area contributed by atoms with Crippen LogP contribution >= 0.6 is 11.6 Å². The number of hydrogen-bond donors (Lipinski definition) is 3. The first-order valence-corrected chi connectivity index (χ1v) is 7.97. The topological polar surface area (TPSA) is 75.3 Å². The van der Waals surface area contributed by atoms with Crippen LogP contribution < -0.4 is 11.1 Å². The van der Waals surface area contributed by atoms with Crippen LogP contribution in [0.25, 0.3) is 10.8 Å². The molecule has 0 fully saturated rings. The van der Waals surface area contributed by atoms with Crippen LogP contribution in [0, 0.1) is 0 Å². The van der Waals surface area contributed by atoms with E-state index in [-0.39, 0.29) is 17.2 Å². The van der Waals surface area contributed by atoms with Crippen molar-refractivity contribution in [2.75, 3.05) is 12.3 Å². The quantitative estimate of drug-likeness (QED) is 0.633. The maximum absolute atomic E-state index is 12.4. The molecule has 0 saturated heterocycles. The van der Waals surface area contributed by atoms with Crippen LogP contribution in [0.1, 0.15) is 15.9 Å². The van der Waals surface area contributed by atoms with Crippen molar-refractivity contribution in [3.8, 4) is 5.75 Å². The highest BCUT2D eigenvalue weighted by Gasteiger charge is 2.16. The lowest BCUT2D eigenvalue weighted by molar-refractivity contribution is 0.0951. The molecule has 0 spiro atoms. The predicted molar refractivity (Wildman–Crippen MR) is 97.5 cm³/mol. The Kier molecular flexibility index (Phi) is 4.58. The Morgan fingerprint density at radius 2 is 1.75 bits per heavy atom. The van der Waals surface area contributed by atoms with E-state index in [2.05, 4.69) is 5.32 Å². The number of carbonyl (C=O) groups is 1. The maximum atomic E-state index is 12.4. The van der Waals surface area contributed by atoms with Gasteiger partial charge in [-0.3, -0.25) is 4.79 Å². The number of anilines is 1. The summed E-state index contributed by atoms with van der Waals surface area (Å²) in [6, 6.07) is 16.2. The zero-order valence-corrected chi connectivity index (χ0v) is 13.7. The van der Waals surface area contributed by atoms with Crippen molar-refractivity contribution in [2.24, 2.45) is 0 Å². The van der Waals surface area contributed by atoms with Crippen LogP contribution in [0.3, 0.4) is 0 Å². The van der Waals surface area contributed by atoms with Gasteiger partial charge in [-0.05, 0) is 24.1 Å². The number of hydrogen-bond acceptors (Lipinski definition) is 3. The summed E-state index contributed by atoms with van der Waals surface area (Å²) in [6.07, 6.45) is 0.612. The number of amides is 1. The Morgan fingerprint density at radius 1 is 1.08 bits per heavy atom. The fraction of sp³-hybridized carbons (Fsp3) is 0.105. The lowest BCUT2D eigenvalue weighted by atomic mass is 10.0. The Hall–Kier alpha value is -2.72. The fourth-order valence-corrected chi connectivity index (χ4v) is 2.93. The minimum Gasteiger partial charge on any atom is -0.506 e. The third-order valence-electron chi connectivity index (χ3n) is 3.95. The zero-order chi connectivity index (χ0) is 17.1. The number of halogens is 1. The van der Waals surface area contributed by atoms with Crippen LogP contribution in [0.4, 0.5) is 5.69 Å². The van der Waals surface area contributed by atoms with Gasteiger partial charge >= 0.3 is 0 Å². The van der Waals surface area contributed by atoms with Gasteiger partial charge in [0, 0.05) is 28.0 Å². The average Bonchev–Trinajstić information content (AvgIpc) is 2.59. The number of para-hydroxylation sites is 1. The van der Waals surface area contributed by atoms with E-state index >= 15 is 0 Å². The minimum atomic E-state index is -0.366. The molecule has 0 aliphatic rings. The van der Waals surface area contributed by atoms with Gasteiger partial charge in [-0.15, -0.1) is 0 Å². The third kappa shape index (κ3) is 3.14. The van der Waals surface area contributed by atoms with E-state index in [1.165, 1.54) is 6.07 Å². The fourth-order valence-electron chi connectivity index (χ4n) is 2.66. The Labute approximate surface area is 144 Å². The van der Waals surface area contributed by atoms with Gasteiger partial charge in [-0.1, -0.05) is 54.1 Å². The first-order chi connectivity index (χ1) is 11.6. The summed E-state index contributed by atoms with van der Waals surface area (Å²) in [5, 5.41) is 14.9. The van der Waals surface area contributed by atoms with Gasteiger partial charge in [0.2, 0.25) is 0 Å². The van der Waals surface area contributed by atoms with Gasteiger partial charge < -0.3 is 16.2 Å². The highest BCUT2D eigenvalue weighted by atomic mass is 35.5. The summed E-state index contributed by atoms with van der Waals surface area (Å²) in [6.45, 7) is 0.414. The van der Waals surface area contributed by atoms with Crippen molar-refractivity contribution >= 4 is 34.0 Å². The Balaban J connectivity index is 1.77. The summed E-state index contributed by atoms with van der Waals surface area (Å²) in [7, 11) is 0. The van der Waals surface area contributed by atoms with E-state index in [0.717, 1.165) is 5.56 Å². The van der Waals surface area contributed by atoms with Crippen molar-refractivity contribution in [3.05, 3.63) is 70.7 Å². The standard InChI is InChI=1S/C19H17ClN2O2/c20-16-11-15(18(23)14-7-3-2-6-13(14)16)19(24)22-10-9-12-5-1-4-8-17(12)21/h1-8,11,23H,9-10,21H2,(H,22,24). The maximum Gasteiger partial charge on any atom is 0.255 e. The molecule has 3 rings (SSSR count). The van der Waals surface area contributed by atoms with Gasteiger partial charge in [0.25, 0.3) is 5.91 Å². The van der Waals surface area contributed by atoms with E-state index < -0.39 is 0 Å². The molecule has 3 aromatic carbocycles. The second kappa shape index (κ2) is 6.81. The van der Waals surface area contributed by atoms with Crippen LogP contribution in [-0.4, -0.2) is 17.6 Å². The highest BCUT2D eigenvalue weighted by molar-refractivity contribution is 6.36. The number of phenolic OH excluding ortho intramolecular Hbond substituents is 1. The number of phenols is 1. The number of rotatable bonds is 4. The first-order valence-electron chi connectivity index (χ1n) is 7.59. The van der Waals surface area contributed by atoms with Crippen molar-refractivity contribution in [3.63, 3.8) is 0 Å². The van der Waals surface area contributed by atoms with Gasteiger partial charge in [0.05, 0.1) is 5.56 Å². The lowest BCUT2D eigenvalue weighted by Gasteiger charge is -2.11. The molecule has 0 radical (unpaired) electrons. The molecule has 0 heterocycles. The summed E-state index contributed by atoms with van der Waals surface area (Å²) in [5.41, 5.74) is 7.72. The third-order valence-corrected chi connectivity index (χ3v) is 4.26. The number of nitrogen functional groups attached to an aromatic ring is 1. The number of nitrogens with one attached hydrogen (secondary N) is 1. The molecule has 1 amide bonds. The number of fused-ring (bicyclic) bond motifs is 1. The molecule has 0 atom stereocenters. The normalized spacial score (nSPS) is 10.7. The summed E-state index contributed by atoms with van der Waals surface area (Å²) in [4.78, 5) is 12.4. The molecule has 3 aromatic rings. The molecular formula is C19H17ClN2O2. The average molecular weight is 341 g/mol. The monoisotopic (exact) mass is 340 g/mol. The van der Waals surface area contributed by atoms with Gasteiger partial charge in [0.15, 0.2) is 0 Å². The van der Waals surface area contributed by atoms with Crippen molar-refractivity contribution < 1.29 is 9.90 Å². The molecular weight excluding hydrogens is 324 g/mol. The first kappa shape index (κ1) is 16.1. The van der Waals surface area contributed by atoms with Gasteiger partial charge in [-0.2, -0.15) is 0 Å². The zero-order valence-electron chi connectivity index (χ0n) is 12.9. The van der Waals surface area contributed by atoms with Crippen molar-refractivity contribution in [2.45, 2.75) is 6.42 Å². The van der Waals surface area contributed by atoms with Crippen LogP contribution in [-0.2, 0) is 6.42 Å². The van der Waals surface area contributed by atoms with E-state index in [0.29, 0.717) is 34.4 Å². The SMILES string of the molecule is Nc1ccccc1CCNC(=O)c1cc(Cl)c2ccccc2c1O. The highest BCUT2D eigenvalue weighted by Crippen LogP contribution is 2.34. The molecule has 0 aliphatic carbocycles. The van der Waals surface area contributed by atoms with Crippen LogP contribution in [0.15, 0.2) is 54.6 Å². The predicted octanol–water partition coefficient (Wildman–Crippen LogP) is 3.75. The summed E-state index contributed by atoms with van der Waals surface area (Å²) >= 11 is 6.22. The molecule has 0 aromatic heterocycles. The molecule has 0 unspecified atom stereocenters. The van der Waals surface area contributed by atoms with Crippen molar-refractivity contribution in [1.29, 1.82) is 0 Å². The second-order valence-corrected chi connectivity index (χ2v) is 5.91. The smallest absolute Gasteiger partial charge is 0.255 e. The van der Waals surface area contributed by atoms with E-state index in [1.54, 1.807) is 18.2 Å². The van der Waals surface area contributed by atoms with Gasteiger partial charge in [0.1, 0.15) is 5.75 Å². The van der Waals surface area contributed by atoms with Crippen LogP contribution in [0.2, 0.25) is 5.02 Å². The summed E-state index contributed by atoms with van der Waals surface area (Å²) < 4.78 is 0. The molecule has 4 nitrogen and oxygen atoms in total. The van der Waals surface area contributed by atoms with Gasteiger partial charge in [-0.25, -0.2) is 0 Å². The number of nitrogens with two attached hydrogens (primary N) is 1. The molecule has 24 heavy (non-hydrogen) atoms. The number of carbonyl (C=O) groups excluding carboxylic acids is 1. The minimum absolute atomic E-state index is 0.0632. The Morgan fingerprint density at radius 3 is 2.50 bits per heavy atom. The van der Waals surface area contributed by atoms with E-state index in [4.69, 9.17) is 17.3 Å². The lowest BCUT2D eigenvalue weighted by Crippen LogP contribution is -2.26. The van der Waals surface area contributed by atoms with E-state index in [1.807, 2.05) is 30.3 Å². The number of benzene rings is 3.